The summed E-state index contributed by atoms with van der Waals surface area (Å²) in [6, 6.07) is 16.9. The van der Waals surface area contributed by atoms with Gasteiger partial charge in [0.25, 0.3) is 0 Å². The van der Waals surface area contributed by atoms with Crippen molar-refractivity contribution in [2.45, 2.75) is 5.38 Å². The average molecular weight is 305 g/mol. The molecule has 0 N–H and O–H groups in total. The van der Waals surface area contributed by atoms with Crippen LogP contribution in [0.5, 0.6) is 0 Å². The first-order valence-electron chi connectivity index (χ1n) is 6.03. The van der Waals surface area contributed by atoms with Crippen LogP contribution in [0.15, 0.2) is 59.1 Å². The Labute approximate surface area is 126 Å². The largest absolute Gasteiger partial charge is 0.337 e. The van der Waals surface area contributed by atoms with Gasteiger partial charge >= 0.3 is 0 Å². The van der Waals surface area contributed by atoms with Gasteiger partial charge in [-0.1, -0.05) is 59.2 Å². The molecule has 1 heterocycles. The maximum atomic E-state index is 6.34. The molecule has 0 aliphatic carbocycles. The van der Waals surface area contributed by atoms with Crippen molar-refractivity contribution in [3.8, 4) is 11.4 Å². The molecule has 0 amide bonds. The van der Waals surface area contributed by atoms with Crippen LogP contribution in [0.2, 0.25) is 5.02 Å². The molecule has 20 heavy (non-hydrogen) atoms. The van der Waals surface area contributed by atoms with E-state index in [9.17, 15) is 0 Å². The molecule has 3 rings (SSSR count). The summed E-state index contributed by atoms with van der Waals surface area (Å²) in [6.45, 7) is 0. The van der Waals surface area contributed by atoms with E-state index in [2.05, 4.69) is 10.1 Å². The maximum absolute atomic E-state index is 6.34. The van der Waals surface area contributed by atoms with E-state index < -0.39 is 5.38 Å². The van der Waals surface area contributed by atoms with Crippen LogP contribution in [0.25, 0.3) is 11.4 Å². The van der Waals surface area contributed by atoms with Crippen LogP contribution in [-0.2, 0) is 0 Å². The van der Waals surface area contributed by atoms with Crippen molar-refractivity contribution >= 4 is 23.2 Å². The van der Waals surface area contributed by atoms with E-state index in [4.69, 9.17) is 27.7 Å². The van der Waals surface area contributed by atoms with Crippen molar-refractivity contribution < 1.29 is 4.52 Å². The Morgan fingerprint density at radius 1 is 0.950 bits per heavy atom. The summed E-state index contributed by atoms with van der Waals surface area (Å²) in [5.41, 5.74) is 1.63. The molecule has 0 aliphatic rings. The van der Waals surface area contributed by atoms with Gasteiger partial charge in [0.2, 0.25) is 11.7 Å². The zero-order chi connectivity index (χ0) is 13.9. The fourth-order valence-corrected chi connectivity index (χ4v) is 2.31. The Balaban J connectivity index is 1.93. The number of hydrogen-bond acceptors (Lipinski definition) is 3. The molecule has 3 aromatic rings. The second-order valence-electron chi connectivity index (χ2n) is 4.21. The van der Waals surface area contributed by atoms with E-state index in [0.717, 1.165) is 11.1 Å². The molecule has 1 aromatic heterocycles. The van der Waals surface area contributed by atoms with Gasteiger partial charge in [0.15, 0.2) is 0 Å². The fourth-order valence-electron chi connectivity index (χ4n) is 1.85. The summed E-state index contributed by atoms with van der Waals surface area (Å²) in [4.78, 5) is 4.32. The molecular formula is C15H10Cl2N2O. The standard InChI is InChI=1S/C15H10Cl2N2O/c16-12-9-5-4-8-11(12)14-18-15(20-19-14)13(17)10-6-2-1-3-7-10/h1-9,13H. The molecule has 0 saturated heterocycles. The van der Waals surface area contributed by atoms with Gasteiger partial charge in [-0.25, -0.2) is 0 Å². The van der Waals surface area contributed by atoms with Crippen molar-refractivity contribution in [1.82, 2.24) is 10.1 Å². The van der Waals surface area contributed by atoms with E-state index in [1.165, 1.54) is 0 Å². The molecule has 0 radical (unpaired) electrons. The quantitative estimate of drug-likeness (QED) is 0.657. The average Bonchev–Trinajstić information content (AvgIpc) is 2.97. The van der Waals surface area contributed by atoms with Gasteiger partial charge in [0, 0.05) is 5.56 Å². The molecule has 0 aliphatic heterocycles. The first-order chi connectivity index (χ1) is 9.75. The Kier molecular flexibility index (Phi) is 3.72. The predicted molar refractivity (Wildman–Crippen MR) is 78.9 cm³/mol. The Morgan fingerprint density at radius 3 is 2.40 bits per heavy atom. The van der Waals surface area contributed by atoms with E-state index in [-0.39, 0.29) is 0 Å². The molecule has 1 unspecified atom stereocenters. The lowest BCUT2D eigenvalue weighted by Gasteiger charge is -2.03. The molecule has 2 aromatic carbocycles. The normalized spacial score (nSPS) is 12.3. The van der Waals surface area contributed by atoms with Gasteiger partial charge in [-0.05, 0) is 17.7 Å². The highest BCUT2D eigenvalue weighted by molar-refractivity contribution is 6.33. The number of halogens is 2. The first kappa shape index (κ1) is 13.2. The summed E-state index contributed by atoms with van der Waals surface area (Å²) in [6.07, 6.45) is 0. The van der Waals surface area contributed by atoms with Gasteiger partial charge in [0.1, 0.15) is 5.38 Å². The monoisotopic (exact) mass is 304 g/mol. The van der Waals surface area contributed by atoms with Crippen LogP contribution >= 0.6 is 23.2 Å². The van der Waals surface area contributed by atoms with Crippen LogP contribution in [0.4, 0.5) is 0 Å². The second kappa shape index (κ2) is 5.65. The Bertz CT molecular complexity index is 713. The number of alkyl halides is 1. The van der Waals surface area contributed by atoms with Crippen molar-refractivity contribution in [3.05, 3.63) is 71.1 Å². The fraction of sp³-hybridized carbons (Fsp3) is 0.0667. The van der Waals surface area contributed by atoms with Gasteiger partial charge in [-0.2, -0.15) is 4.98 Å². The SMILES string of the molecule is Clc1ccccc1-c1noc(C(Cl)c2ccccc2)n1. The second-order valence-corrected chi connectivity index (χ2v) is 5.05. The predicted octanol–water partition coefficient (Wildman–Crippen LogP) is 4.72. The van der Waals surface area contributed by atoms with E-state index >= 15 is 0 Å². The number of hydrogen-bond donors (Lipinski definition) is 0. The third-order valence-corrected chi connectivity index (χ3v) is 3.63. The lowest BCUT2D eigenvalue weighted by molar-refractivity contribution is 0.383. The van der Waals surface area contributed by atoms with Crippen molar-refractivity contribution in [2.24, 2.45) is 0 Å². The molecule has 0 bridgehead atoms. The molecule has 5 heteroatoms. The van der Waals surface area contributed by atoms with E-state index in [0.29, 0.717) is 16.7 Å². The summed E-state index contributed by atoms with van der Waals surface area (Å²) in [5.74, 6) is 0.792. The highest BCUT2D eigenvalue weighted by Gasteiger charge is 2.19. The minimum absolute atomic E-state index is 0.354. The first-order valence-corrected chi connectivity index (χ1v) is 6.84. The molecule has 0 fully saturated rings. The lowest BCUT2D eigenvalue weighted by Crippen LogP contribution is -1.93. The number of aromatic nitrogens is 2. The topological polar surface area (TPSA) is 38.9 Å². The van der Waals surface area contributed by atoms with Crippen molar-refractivity contribution in [1.29, 1.82) is 0 Å². The number of benzene rings is 2. The summed E-state index contributed by atoms with van der Waals surface area (Å²) >= 11 is 12.5. The van der Waals surface area contributed by atoms with Gasteiger partial charge < -0.3 is 4.52 Å². The molecular weight excluding hydrogens is 295 g/mol. The van der Waals surface area contributed by atoms with E-state index in [1.54, 1.807) is 6.07 Å². The molecule has 3 nitrogen and oxygen atoms in total. The Morgan fingerprint density at radius 2 is 1.65 bits per heavy atom. The third-order valence-electron chi connectivity index (χ3n) is 2.87. The van der Waals surface area contributed by atoms with Crippen LogP contribution in [-0.4, -0.2) is 10.1 Å². The summed E-state index contributed by atoms with van der Waals surface area (Å²) in [7, 11) is 0. The Hall–Kier alpha value is -1.84. The van der Waals surface area contributed by atoms with Crippen molar-refractivity contribution in [2.75, 3.05) is 0 Å². The molecule has 1 atom stereocenters. The minimum Gasteiger partial charge on any atom is -0.337 e. The molecule has 0 saturated carbocycles. The smallest absolute Gasteiger partial charge is 0.249 e. The van der Waals surface area contributed by atoms with Crippen LogP contribution in [0.3, 0.4) is 0 Å². The zero-order valence-corrected chi connectivity index (χ0v) is 11.8. The summed E-state index contributed by atoms with van der Waals surface area (Å²) < 4.78 is 5.24. The highest BCUT2D eigenvalue weighted by Crippen LogP contribution is 2.30. The van der Waals surface area contributed by atoms with Gasteiger partial charge in [-0.3, -0.25) is 0 Å². The highest BCUT2D eigenvalue weighted by atomic mass is 35.5. The van der Waals surface area contributed by atoms with Crippen molar-refractivity contribution in [3.63, 3.8) is 0 Å². The zero-order valence-electron chi connectivity index (χ0n) is 10.3. The van der Waals surface area contributed by atoms with Gasteiger partial charge in [-0.15, -0.1) is 11.6 Å². The number of rotatable bonds is 3. The number of nitrogens with zero attached hydrogens (tertiary/aromatic N) is 2. The minimum atomic E-state index is -0.472. The maximum Gasteiger partial charge on any atom is 0.249 e. The van der Waals surface area contributed by atoms with Crippen LogP contribution in [0, 0.1) is 0 Å². The lowest BCUT2D eigenvalue weighted by atomic mass is 10.1. The molecule has 100 valence electrons. The van der Waals surface area contributed by atoms with E-state index in [1.807, 2.05) is 48.5 Å². The van der Waals surface area contributed by atoms with Gasteiger partial charge in [0.05, 0.1) is 5.02 Å². The third kappa shape index (κ3) is 2.55. The molecule has 0 spiro atoms. The summed E-state index contributed by atoms with van der Waals surface area (Å²) in [5, 5.41) is 4.04. The van der Waals surface area contributed by atoms with Crippen LogP contribution < -0.4 is 0 Å². The van der Waals surface area contributed by atoms with Crippen LogP contribution in [0.1, 0.15) is 16.8 Å².